The predicted molar refractivity (Wildman–Crippen MR) is 67.9 cm³/mol. The van der Waals surface area contributed by atoms with Crippen molar-refractivity contribution in [3.8, 4) is 0 Å². The van der Waals surface area contributed by atoms with E-state index < -0.39 is 5.38 Å². The molecule has 1 nitrogen and oxygen atoms in total. The van der Waals surface area contributed by atoms with Crippen molar-refractivity contribution in [1.29, 1.82) is 0 Å². The number of rotatable bonds is 3. The van der Waals surface area contributed by atoms with Gasteiger partial charge in [-0.05, 0) is 24.3 Å². The molecule has 1 aromatic carbocycles. The first-order valence-electron chi connectivity index (χ1n) is 5.16. The number of hydrogen-bond donors (Lipinski definition) is 0. The van der Waals surface area contributed by atoms with Crippen molar-refractivity contribution in [2.45, 2.75) is 11.8 Å². The summed E-state index contributed by atoms with van der Waals surface area (Å²) in [5, 5.41) is -0.0740. The van der Waals surface area contributed by atoms with Crippen molar-refractivity contribution in [3.05, 3.63) is 64.7 Å². The maximum absolute atomic E-state index is 13.6. The molecule has 0 N–H and O–H groups in total. The summed E-state index contributed by atoms with van der Waals surface area (Å²) < 4.78 is 13.6. The van der Waals surface area contributed by atoms with Crippen LogP contribution in [0, 0.1) is 5.82 Å². The number of nitrogens with zero attached hydrogens (tertiary/aromatic N) is 1. The molecule has 4 heteroatoms. The lowest BCUT2D eigenvalue weighted by Gasteiger charge is -2.10. The van der Waals surface area contributed by atoms with Gasteiger partial charge in [0.2, 0.25) is 0 Å². The van der Waals surface area contributed by atoms with Crippen LogP contribution in [0.5, 0.6) is 0 Å². The van der Waals surface area contributed by atoms with E-state index in [1.807, 2.05) is 18.2 Å². The lowest BCUT2D eigenvalue weighted by Crippen LogP contribution is -2.00. The van der Waals surface area contributed by atoms with Gasteiger partial charge in [-0.2, -0.15) is 0 Å². The Morgan fingerprint density at radius 3 is 2.71 bits per heavy atom. The van der Waals surface area contributed by atoms with Crippen molar-refractivity contribution in [1.82, 2.24) is 4.98 Å². The SMILES string of the molecule is Fc1cc(Cl)ccc1C(Cl)Cc1ccccn1. The van der Waals surface area contributed by atoms with Crippen LogP contribution in [0.1, 0.15) is 16.6 Å². The van der Waals surface area contributed by atoms with Crippen molar-refractivity contribution in [2.24, 2.45) is 0 Å². The third-order valence-corrected chi connectivity index (χ3v) is 3.04. The monoisotopic (exact) mass is 269 g/mol. The van der Waals surface area contributed by atoms with Crippen LogP contribution in [0.2, 0.25) is 5.02 Å². The lowest BCUT2D eigenvalue weighted by molar-refractivity contribution is 0.605. The van der Waals surface area contributed by atoms with Crippen LogP contribution in [0.4, 0.5) is 4.39 Å². The Balaban J connectivity index is 2.17. The Morgan fingerprint density at radius 2 is 2.06 bits per heavy atom. The lowest BCUT2D eigenvalue weighted by atomic mass is 10.1. The number of pyridine rings is 1. The molecule has 0 fully saturated rings. The van der Waals surface area contributed by atoms with Crippen molar-refractivity contribution < 1.29 is 4.39 Å². The number of hydrogen-bond acceptors (Lipinski definition) is 1. The summed E-state index contributed by atoms with van der Waals surface area (Å²) in [6.45, 7) is 0. The second kappa shape index (κ2) is 5.48. The van der Waals surface area contributed by atoms with Gasteiger partial charge in [0.1, 0.15) is 5.82 Å². The molecule has 88 valence electrons. The van der Waals surface area contributed by atoms with E-state index in [-0.39, 0.29) is 5.82 Å². The summed E-state index contributed by atoms with van der Waals surface area (Å²) in [5.41, 5.74) is 1.28. The zero-order chi connectivity index (χ0) is 12.3. The first-order valence-corrected chi connectivity index (χ1v) is 5.97. The minimum absolute atomic E-state index is 0.368. The summed E-state index contributed by atoms with van der Waals surface area (Å²) >= 11 is 11.9. The van der Waals surface area contributed by atoms with Crippen LogP contribution < -0.4 is 0 Å². The minimum Gasteiger partial charge on any atom is -0.261 e. The normalized spacial score (nSPS) is 12.4. The summed E-state index contributed by atoms with van der Waals surface area (Å²) in [5.74, 6) is -0.381. The Bertz CT molecular complexity index is 502. The second-order valence-corrected chi connectivity index (χ2v) is 4.62. The molecule has 0 aliphatic rings. The fraction of sp³-hybridized carbons (Fsp3) is 0.154. The Labute approximate surface area is 109 Å². The van der Waals surface area contributed by atoms with E-state index in [9.17, 15) is 4.39 Å². The van der Waals surface area contributed by atoms with Crippen molar-refractivity contribution in [3.63, 3.8) is 0 Å². The molecule has 0 aliphatic carbocycles. The summed E-state index contributed by atoms with van der Waals surface area (Å²) in [6.07, 6.45) is 2.18. The molecule has 0 saturated heterocycles. The van der Waals surface area contributed by atoms with E-state index in [0.29, 0.717) is 17.0 Å². The largest absolute Gasteiger partial charge is 0.261 e. The quantitative estimate of drug-likeness (QED) is 0.753. The van der Waals surface area contributed by atoms with Crippen LogP contribution >= 0.6 is 23.2 Å². The van der Waals surface area contributed by atoms with Gasteiger partial charge in [0.25, 0.3) is 0 Å². The van der Waals surface area contributed by atoms with Crippen LogP contribution in [-0.2, 0) is 6.42 Å². The first kappa shape index (κ1) is 12.3. The van der Waals surface area contributed by atoms with E-state index in [1.54, 1.807) is 18.3 Å². The Hall–Kier alpha value is -1.12. The number of benzene rings is 1. The fourth-order valence-corrected chi connectivity index (χ4v) is 2.06. The van der Waals surface area contributed by atoms with Gasteiger partial charge in [0, 0.05) is 28.9 Å². The number of aromatic nitrogens is 1. The topological polar surface area (TPSA) is 12.9 Å². The third-order valence-electron chi connectivity index (χ3n) is 2.41. The summed E-state index contributed by atoms with van der Waals surface area (Å²) in [7, 11) is 0. The number of halogens is 3. The average Bonchev–Trinajstić information content (AvgIpc) is 2.30. The van der Waals surface area contributed by atoms with Gasteiger partial charge in [-0.25, -0.2) is 4.39 Å². The standard InChI is InChI=1S/C13H10Cl2FN/c14-9-4-5-11(13(16)7-9)12(15)8-10-3-1-2-6-17-10/h1-7,12H,8H2. The molecule has 1 unspecified atom stereocenters. The molecule has 2 rings (SSSR count). The van der Waals surface area contributed by atoms with Crippen molar-refractivity contribution >= 4 is 23.2 Å². The molecular weight excluding hydrogens is 260 g/mol. The molecule has 17 heavy (non-hydrogen) atoms. The smallest absolute Gasteiger partial charge is 0.129 e. The highest BCUT2D eigenvalue weighted by atomic mass is 35.5. The fourth-order valence-electron chi connectivity index (χ4n) is 1.57. The van der Waals surface area contributed by atoms with E-state index in [2.05, 4.69) is 4.98 Å². The van der Waals surface area contributed by atoms with E-state index in [0.717, 1.165) is 5.69 Å². The zero-order valence-corrected chi connectivity index (χ0v) is 10.4. The molecular formula is C13H10Cl2FN. The third kappa shape index (κ3) is 3.18. The van der Waals surface area contributed by atoms with Gasteiger partial charge in [-0.15, -0.1) is 11.6 Å². The van der Waals surface area contributed by atoms with Crippen LogP contribution in [0.15, 0.2) is 42.6 Å². The first-order chi connectivity index (χ1) is 8.16. The second-order valence-electron chi connectivity index (χ2n) is 3.66. The van der Waals surface area contributed by atoms with Gasteiger partial charge in [0.15, 0.2) is 0 Å². The van der Waals surface area contributed by atoms with Gasteiger partial charge in [-0.3, -0.25) is 4.98 Å². The van der Waals surface area contributed by atoms with E-state index in [1.165, 1.54) is 6.07 Å². The van der Waals surface area contributed by atoms with Crippen LogP contribution in [0.25, 0.3) is 0 Å². The molecule has 0 saturated carbocycles. The van der Waals surface area contributed by atoms with Crippen molar-refractivity contribution in [2.75, 3.05) is 0 Å². The van der Waals surface area contributed by atoms with Gasteiger partial charge >= 0.3 is 0 Å². The van der Waals surface area contributed by atoms with E-state index >= 15 is 0 Å². The molecule has 1 atom stereocenters. The molecule has 0 spiro atoms. The zero-order valence-electron chi connectivity index (χ0n) is 8.91. The highest BCUT2D eigenvalue weighted by Crippen LogP contribution is 2.28. The summed E-state index contributed by atoms with van der Waals surface area (Å²) in [6, 6.07) is 10.1. The van der Waals surface area contributed by atoms with Gasteiger partial charge in [-0.1, -0.05) is 23.7 Å². The maximum Gasteiger partial charge on any atom is 0.129 e. The molecule has 0 bridgehead atoms. The molecule has 1 heterocycles. The van der Waals surface area contributed by atoms with Crippen LogP contribution in [0.3, 0.4) is 0 Å². The Morgan fingerprint density at radius 1 is 1.24 bits per heavy atom. The molecule has 0 aliphatic heterocycles. The average molecular weight is 270 g/mol. The van der Waals surface area contributed by atoms with Crippen LogP contribution in [-0.4, -0.2) is 4.98 Å². The molecule has 1 aromatic heterocycles. The van der Waals surface area contributed by atoms with Gasteiger partial charge in [0.05, 0.1) is 5.38 Å². The van der Waals surface area contributed by atoms with Gasteiger partial charge < -0.3 is 0 Å². The molecule has 2 aromatic rings. The minimum atomic E-state index is -0.442. The highest BCUT2D eigenvalue weighted by Gasteiger charge is 2.14. The molecule has 0 radical (unpaired) electrons. The summed E-state index contributed by atoms with van der Waals surface area (Å²) in [4.78, 5) is 4.16. The Kier molecular flexibility index (Phi) is 3.97. The maximum atomic E-state index is 13.6. The highest BCUT2D eigenvalue weighted by molar-refractivity contribution is 6.30. The number of alkyl halides is 1. The van der Waals surface area contributed by atoms with E-state index in [4.69, 9.17) is 23.2 Å². The molecule has 0 amide bonds. The predicted octanol–water partition coefficient (Wildman–Crippen LogP) is 4.40.